The first-order valence-electron chi connectivity index (χ1n) is 6.29. The average Bonchev–Trinajstić information content (AvgIpc) is 3.07. The lowest BCUT2D eigenvalue weighted by molar-refractivity contribution is 0.282. The van der Waals surface area contributed by atoms with Crippen LogP contribution in [-0.2, 0) is 6.61 Å². The molecule has 5 nitrogen and oxygen atoms in total. The number of hydrogen-bond donors (Lipinski definition) is 1. The molecule has 1 aliphatic rings. The van der Waals surface area contributed by atoms with Crippen LogP contribution in [0.15, 0.2) is 28.8 Å². The zero-order chi connectivity index (χ0) is 13.9. The molecule has 114 valence electrons. The van der Waals surface area contributed by atoms with Gasteiger partial charge in [0.2, 0.25) is 11.7 Å². The molecule has 1 N–H and O–H groups in total. The number of alkyl halides is 1. The van der Waals surface area contributed by atoms with Crippen molar-refractivity contribution in [1.29, 1.82) is 0 Å². The summed E-state index contributed by atoms with van der Waals surface area (Å²) in [6, 6.07) is 5.41. The highest BCUT2D eigenvalue weighted by atomic mass is 35.5. The summed E-state index contributed by atoms with van der Waals surface area (Å²) in [4.78, 5) is 4.15. The lowest BCUT2D eigenvalue weighted by Gasteiger charge is -2.02. The minimum absolute atomic E-state index is 0. The van der Waals surface area contributed by atoms with Gasteiger partial charge in [0.1, 0.15) is 17.7 Å². The van der Waals surface area contributed by atoms with Crippen molar-refractivity contribution < 1.29 is 18.0 Å². The molecule has 21 heavy (non-hydrogen) atoms. The number of nitrogens with zero attached hydrogens (tertiary/aromatic N) is 2. The summed E-state index contributed by atoms with van der Waals surface area (Å²) in [6.07, 6.45) is -0.550. The van der Waals surface area contributed by atoms with Crippen molar-refractivity contribution in [3.8, 4) is 5.75 Å². The highest BCUT2D eigenvalue weighted by Gasteiger charge is 2.29. The number of rotatable bonds is 4. The van der Waals surface area contributed by atoms with Crippen molar-refractivity contribution in [1.82, 2.24) is 15.5 Å². The molecular weight excluding hydrogens is 304 g/mol. The largest absolute Gasteiger partial charge is 0.485 e. The van der Waals surface area contributed by atoms with Crippen molar-refractivity contribution in [2.45, 2.75) is 25.2 Å². The molecule has 8 heteroatoms. The van der Waals surface area contributed by atoms with Gasteiger partial charge in [-0.3, -0.25) is 0 Å². The van der Waals surface area contributed by atoms with Gasteiger partial charge in [-0.2, -0.15) is 4.98 Å². The van der Waals surface area contributed by atoms with E-state index in [2.05, 4.69) is 15.5 Å². The summed E-state index contributed by atoms with van der Waals surface area (Å²) in [5, 5.41) is 6.73. The zero-order valence-electron chi connectivity index (χ0n) is 11.0. The Balaban J connectivity index is 0.00000161. The van der Waals surface area contributed by atoms with Gasteiger partial charge in [0.05, 0.1) is 6.04 Å². The van der Waals surface area contributed by atoms with Gasteiger partial charge in [-0.25, -0.2) is 8.78 Å². The number of nitrogens with one attached hydrogen (secondary N) is 1. The number of aromatic nitrogens is 2. The van der Waals surface area contributed by atoms with Crippen LogP contribution in [0.3, 0.4) is 0 Å². The molecule has 3 rings (SSSR count). The normalized spacial score (nSPS) is 21.0. The third-order valence-electron chi connectivity index (χ3n) is 3.04. The van der Waals surface area contributed by atoms with Crippen molar-refractivity contribution in [2.24, 2.45) is 0 Å². The topological polar surface area (TPSA) is 60.2 Å². The van der Waals surface area contributed by atoms with Crippen LogP contribution in [-0.4, -0.2) is 22.9 Å². The van der Waals surface area contributed by atoms with Crippen LogP contribution in [0.4, 0.5) is 8.78 Å². The molecule has 1 saturated heterocycles. The Morgan fingerprint density at radius 1 is 1.33 bits per heavy atom. The van der Waals surface area contributed by atoms with Crippen molar-refractivity contribution >= 4 is 12.4 Å². The Morgan fingerprint density at radius 3 is 2.76 bits per heavy atom. The molecule has 2 heterocycles. The molecule has 1 aromatic carbocycles. The molecule has 0 saturated carbocycles. The fourth-order valence-electron chi connectivity index (χ4n) is 2.03. The summed E-state index contributed by atoms with van der Waals surface area (Å²) in [7, 11) is 0. The monoisotopic (exact) mass is 317 g/mol. The molecule has 0 amide bonds. The van der Waals surface area contributed by atoms with Gasteiger partial charge >= 0.3 is 0 Å². The van der Waals surface area contributed by atoms with E-state index >= 15 is 0 Å². The van der Waals surface area contributed by atoms with Gasteiger partial charge < -0.3 is 14.6 Å². The third kappa shape index (κ3) is 3.89. The number of ether oxygens (including phenoxy) is 1. The van der Waals surface area contributed by atoms with Gasteiger partial charge in [-0.1, -0.05) is 5.16 Å². The molecule has 0 radical (unpaired) electrons. The fourth-order valence-corrected chi connectivity index (χ4v) is 2.03. The molecule has 1 fully saturated rings. The molecule has 0 aliphatic carbocycles. The van der Waals surface area contributed by atoms with Crippen LogP contribution >= 0.6 is 12.4 Å². The van der Waals surface area contributed by atoms with Crippen LogP contribution in [0.25, 0.3) is 0 Å². The van der Waals surface area contributed by atoms with Gasteiger partial charge in [-0.15, -0.1) is 12.4 Å². The first kappa shape index (κ1) is 15.7. The zero-order valence-corrected chi connectivity index (χ0v) is 11.8. The highest BCUT2D eigenvalue weighted by molar-refractivity contribution is 5.85. The fraction of sp³-hybridized carbons (Fsp3) is 0.385. The van der Waals surface area contributed by atoms with E-state index in [0.29, 0.717) is 30.4 Å². The van der Waals surface area contributed by atoms with Crippen LogP contribution in [0.1, 0.15) is 24.2 Å². The van der Waals surface area contributed by atoms with E-state index in [9.17, 15) is 8.78 Å². The second-order valence-corrected chi connectivity index (χ2v) is 4.59. The number of halogens is 3. The summed E-state index contributed by atoms with van der Waals surface area (Å²) < 4.78 is 36.3. The van der Waals surface area contributed by atoms with E-state index in [-0.39, 0.29) is 30.9 Å². The van der Waals surface area contributed by atoms with E-state index in [0.717, 1.165) is 0 Å². The second kappa shape index (κ2) is 6.82. The van der Waals surface area contributed by atoms with Crippen molar-refractivity contribution in [3.05, 3.63) is 41.8 Å². The quantitative estimate of drug-likeness (QED) is 0.939. The van der Waals surface area contributed by atoms with Crippen LogP contribution < -0.4 is 10.1 Å². The number of benzene rings is 1. The maximum atomic E-state index is 13.1. The molecule has 1 aromatic heterocycles. The van der Waals surface area contributed by atoms with E-state index in [1.54, 1.807) is 0 Å². The Kier molecular flexibility index (Phi) is 5.08. The Labute approximate surface area is 126 Å². The van der Waals surface area contributed by atoms with Gasteiger partial charge in [-0.05, 0) is 24.3 Å². The first-order valence-corrected chi connectivity index (χ1v) is 6.29. The standard InChI is InChI=1S/C13H13F2N3O2.ClH/c14-8-1-3-10(4-2-8)19-7-12-17-13(20-18-12)11-5-9(15)6-16-11;/h1-4,9,11,16H,5-7H2;1H/t9-,11+;/m0./s1. The summed E-state index contributed by atoms with van der Waals surface area (Å²) in [5.41, 5.74) is 0. The maximum absolute atomic E-state index is 13.1. The van der Waals surface area contributed by atoms with E-state index in [1.807, 2.05) is 0 Å². The average molecular weight is 318 g/mol. The first-order chi connectivity index (χ1) is 9.70. The van der Waals surface area contributed by atoms with Crippen molar-refractivity contribution in [2.75, 3.05) is 6.54 Å². The van der Waals surface area contributed by atoms with Gasteiger partial charge in [0.15, 0.2) is 6.61 Å². The van der Waals surface area contributed by atoms with E-state index in [4.69, 9.17) is 9.26 Å². The summed E-state index contributed by atoms with van der Waals surface area (Å²) in [6.45, 7) is 0.412. The number of hydrogen-bond acceptors (Lipinski definition) is 5. The predicted molar refractivity (Wildman–Crippen MR) is 72.5 cm³/mol. The van der Waals surface area contributed by atoms with Crippen LogP contribution in [0.2, 0.25) is 0 Å². The molecule has 0 spiro atoms. The summed E-state index contributed by atoms with van der Waals surface area (Å²) in [5.74, 6) is 0.920. The molecular formula is C13H14ClF2N3O2. The van der Waals surface area contributed by atoms with Crippen LogP contribution in [0.5, 0.6) is 5.75 Å². The molecule has 2 atom stereocenters. The predicted octanol–water partition coefficient (Wildman–Crippen LogP) is 2.58. The SMILES string of the molecule is Cl.Fc1ccc(OCc2noc([C@H]3C[C@H](F)CN3)n2)cc1. The summed E-state index contributed by atoms with van der Waals surface area (Å²) >= 11 is 0. The van der Waals surface area contributed by atoms with E-state index in [1.165, 1.54) is 24.3 Å². The highest BCUT2D eigenvalue weighted by Crippen LogP contribution is 2.23. The Morgan fingerprint density at radius 2 is 2.10 bits per heavy atom. The van der Waals surface area contributed by atoms with Crippen molar-refractivity contribution in [3.63, 3.8) is 0 Å². The Bertz CT molecular complexity index is 579. The lowest BCUT2D eigenvalue weighted by atomic mass is 10.2. The maximum Gasteiger partial charge on any atom is 0.244 e. The smallest absolute Gasteiger partial charge is 0.244 e. The van der Waals surface area contributed by atoms with Crippen LogP contribution in [0, 0.1) is 5.82 Å². The minimum Gasteiger partial charge on any atom is -0.485 e. The lowest BCUT2D eigenvalue weighted by Crippen LogP contribution is -2.14. The third-order valence-corrected chi connectivity index (χ3v) is 3.04. The van der Waals surface area contributed by atoms with Gasteiger partial charge in [0.25, 0.3) is 0 Å². The molecule has 2 aromatic rings. The Hall–Kier alpha value is -1.73. The van der Waals surface area contributed by atoms with E-state index < -0.39 is 6.17 Å². The molecule has 0 bridgehead atoms. The minimum atomic E-state index is -0.884. The second-order valence-electron chi connectivity index (χ2n) is 4.59. The molecule has 1 aliphatic heterocycles. The van der Waals surface area contributed by atoms with Gasteiger partial charge in [0, 0.05) is 13.0 Å². The molecule has 0 unspecified atom stereocenters.